The van der Waals surface area contributed by atoms with Crippen molar-refractivity contribution in [2.24, 2.45) is 5.92 Å². The van der Waals surface area contributed by atoms with Gasteiger partial charge in [-0.2, -0.15) is 0 Å². The first-order valence-corrected chi connectivity index (χ1v) is 7.19. The van der Waals surface area contributed by atoms with Crippen LogP contribution in [-0.2, 0) is 9.53 Å². The van der Waals surface area contributed by atoms with Crippen LogP contribution in [0.15, 0.2) is 24.8 Å². The van der Waals surface area contributed by atoms with Gasteiger partial charge in [-0.15, -0.1) is 0 Å². The zero-order valence-electron chi connectivity index (χ0n) is 13.0. The fourth-order valence-corrected chi connectivity index (χ4v) is 2.11. The quantitative estimate of drug-likeness (QED) is 0.718. The van der Waals surface area contributed by atoms with Gasteiger partial charge in [-0.3, -0.25) is 4.79 Å². The Hall–Kier alpha value is -2.30. The van der Waals surface area contributed by atoms with Gasteiger partial charge in [-0.05, 0) is 42.9 Å². The monoisotopic (exact) mass is 306 g/mol. The number of hydrogen-bond acceptors (Lipinski definition) is 4. The number of carboxylic acid groups (broad SMARTS) is 1. The maximum atomic E-state index is 10.8. The lowest BCUT2D eigenvalue weighted by Crippen LogP contribution is -2.09. The number of carbonyl (C=O) groups excluding carboxylic acids is 1. The van der Waals surface area contributed by atoms with Crippen LogP contribution in [0.2, 0.25) is 0 Å². The summed E-state index contributed by atoms with van der Waals surface area (Å²) in [5, 5.41) is 18.7. The minimum atomic E-state index is -1.08. The summed E-state index contributed by atoms with van der Waals surface area (Å²) in [6, 6.07) is 4.25. The second kappa shape index (κ2) is 8.22. The number of esters is 1. The van der Waals surface area contributed by atoms with Crippen LogP contribution >= 0.6 is 0 Å². The third-order valence-corrected chi connectivity index (χ3v) is 3.37. The van der Waals surface area contributed by atoms with Crippen molar-refractivity contribution in [1.29, 1.82) is 0 Å². The van der Waals surface area contributed by atoms with Crippen molar-refractivity contribution in [2.75, 3.05) is 6.61 Å². The molecule has 0 saturated carbocycles. The number of benzene rings is 1. The smallest absolute Gasteiger partial charge is 0.335 e. The topological polar surface area (TPSA) is 83.8 Å². The van der Waals surface area contributed by atoms with Crippen LogP contribution < -0.4 is 0 Å². The van der Waals surface area contributed by atoms with E-state index in [4.69, 9.17) is 9.84 Å². The summed E-state index contributed by atoms with van der Waals surface area (Å²) in [5.74, 6) is -1.16. The molecule has 1 rings (SSSR count). The lowest BCUT2D eigenvalue weighted by Gasteiger charge is -2.12. The fourth-order valence-electron chi connectivity index (χ4n) is 2.11. The molecule has 0 aromatic heterocycles. The molecule has 22 heavy (non-hydrogen) atoms. The SMILES string of the molecule is C=C(CCC[C@H](C)COC(C)=O)c1ccc(C(=O)O)cc1O. The molecule has 0 heterocycles. The van der Waals surface area contributed by atoms with Gasteiger partial charge in [-0.25, -0.2) is 4.79 Å². The van der Waals surface area contributed by atoms with E-state index < -0.39 is 5.97 Å². The van der Waals surface area contributed by atoms with Crippen LogP contribution in [0.5, 0.6) is 5.75 Å². The normalized spacial score (nSPS) is 11.7. The van der Waals surface area contributed by atoms with Gasteiger partial charge in [0, 0.05) is 12.5 Å². The number of aromatic hydroxyl groups is 1. The van der Waals surface area contributed by atoms with E-state index >= 15 is 0 Å². The van der Waals surface area contributed by atoms with Crippen LogP contribution in [0.4, 0.5) is 0 Å². The number of aromatic carboxylic acids is 1. The highest BCUT2D eigenvalue weighted by Crippen LogP contribution is 2.29. The minimum Gasteiger partial charge on any atom is -0.507 e. The maximum absolute atomic E-state index is 10.8. The number of phenols is 1. The first kappa shape index (κ1) is 17.8. The van der Waals surface area contributed by atoms with Crippen molar-refractivity contribution in [3.8, 4) is 5.75 Å². The summed E-state index contributed by atoms with van der Waals surface area (Å²) in [7, 11) is 0. The summed E-state index contributed by atoms with van der Waals surface area (Å²) in [5.41, 5.74) is 1.37. The number of phenolic OH excluding ortho intramolecular Hbond substituents is 1. The van der Waals surface area contributed by atoms with E-state index in [0.717, 1.165) is 18.4 Å². The van der Waals surface area contributed by atoms with Crippen LogP contribution in [0.25, 0.3) is 5.57 Å². The third kappa shape index (κ3) is 5.60. The molecule has 1 aromatic rings. The Balaban J connectivity index is 2.49. The minimum absolute atomic E-state index is 0.0454. The molecule has 1 atom stereocenters. The molecule has 0 amide bonds. The van der Waals surface area contributed by atoms with Crippen LogP contribution in [0.1, 0.15) is 49.0 Å². The zero-order chi connectivity index (χ0) is 16.7. The first-order chi connectivity index (χ1) is 10.3. The van der Waals surface area contributed by atoms with E-state index in [-0.39, 0.29) is 23.2 Å². The highest BCUT2D eigenvalue weighted by atomic mass is 16.5. The number of carbonyl (C=O) groups is 2. The lowest BCUT2D eigenvalue weighted by atomic mass is 9.97. The zero-order valence-corrected chi connectivity index (χ0v) is 13.0. The summed E-state index contributed by atoms with van der Waals surface area (Å²) in [6.45, 7) is 7.73. The molecular weight excluding hydrogens is 284 g/mol. The molecule has 0 unspecified atom stereocenters. The van der Waals surface area contributed by atoms with E-state index in [1.165, 1.54) is 19.1 Å². The number of ether oxygens (including phenoxy) is 1. The fraction of sp³-hybridized carbons (Fsp3) is 0.412. The Bertz CT molecular complexity index is 562. The molecule has 0 aliphatic rings. The van der Waals surface area contributed by atoms with E-state index in [1.807, 2.05) is 6.92 Å². The van der Waals surface area contributed by atoms with Gasteiger partial charge in [0.25, 0.3) is 0 Å². The molecular formula is C17H22O5. The maximum Gasteiger partial charge on any atom is 0.335 e. The largest absolute Gasteiger partial charge is 0.507 e. The van der Waals surface area contributed by atoms with Crippen molar-refractivity contribution in [2.45, 2.75) is 33.1 Å². The Morgan fingerprint density at radius 2 is 2.05 bits per heavy atom. The highest BCUT2D eigenvalue weighted by Gasteiger charge is 2.11. The summed E-state index contributed by atoms with van der Waals surface area (Å²) in [4.78, 5) is 21.5. The van der Waals surface area contributed by atoms with Crippen LogP contribution in [0, 0.1) is 5.92 Å². The predicted octanol–water partition coefficient (Wildman–Crippen LogP) is 3.47. The first-order valence-electron chi connectivity index (χ1n) is 7.19. The summed E-state index contributed by atoms with van der Waals surface area (Å²) in [6.07, 6.45) is 2.41. The molecule has 120 valence electrons. The number of rotatable bonds is 8. The van der Waals surface area contributed by atoms with Crippen molar-refractivity contribution in [3.05, 3.63) is 35.9 Å². The molecule has 5 nitrogen and oxygen atoms in total. The average Bonchev–Trinajstić information content (AvgIpc) is 2.44. The van der Waals surface area contributed by atoms with Crippen molar-refractivity contribution in [3.63, 3.8) is 0 Å². The number of hydrogen-bond donors (Lipinski definition) is 2. The molecule has 0 aliphatic carbocycles. The van der Waals surface area contributed by atoms with E-state index in [2.05, 4.69) is 6.58 Å². The Labute approximate surface area is 130 Å². The van der Waals surface area contributed by atoms with E-state index in [0.29, 0.717) is 18.6 Å². The molecule has 0 aliphatic heterocycles. The Kier molecular flexibility index (Phi) is 6.63. The molecule has 0 radical (unpaired) electrons. The lowest BCUT2D eigenvalue weighted by molar-refractivity contribution is -0.142. The summed E-state index contributed by atoms with van der Waals surface area (Å²) < 4.78 is 4.94. The van der Waals surface area contributed by atoms with Crippen molar-refractivity contribution in [1.82, 2.24) is 0 Å². The van der Waals surface area contributed by atoms with E-state index in [9.17, 15) is 14.7 Å². The standard InChI is InChI=1S/C17H22O5/c1-11(10-22-13(3)18)5-4-6-12(2)15-8-7-14(17(20)21)9-16(15)19/h7-9,11,19H,2,4-6,10H2,1,3H3,(H,20,21)/t11-/m0/s1. The van der Waals surface area contributed by atoms with Gasteiger partial charge >= 0.3 is 11.9 Å². The van der Waals surface area contributed by atoms with Gasteiger partial charge in [0.2, 0.25) is 0 Å². The Morgan fingerprint density at radius 3 is 2.59 bits per heavy atom. The van der Waals surface area contributed by atoms with Gasteiger partial charge < -0.3 is 14.9 Å². The molecule has 2 N–H and O–H groups in total. The van der Waals surface area contributed by atoms with Gasteiger partial charge in [0.15, 0.2) is 0 Å². The van der Waals surface area contributed by atoms with Crippen molar-refractivity contribution < 1.29 is 24.5 Å². The number of allylic oxidation sites excluding steroid dienone is 1. The average molecular weight is 306 g/mol. The van der Waals surface area contributed by atoms with Gasteiger partial charge in [0.05, 0.1) is 12.2 Å². The molecule has 1 aromatic carbocycles. The predicted molar refractivity (Wildman–Crippen MR) is 83.7 cm³/mol. The van der Waals surface area contributed by atoms with Crippen LogP contribution in [0.3, 0.4) is 0 Å². The Morgan fingerprint density at radius 1 is 1.36 bits per heavy atom. The summed E-state index contributed by atoms with van der Waals surface area (Å²) >= 11 is 0. The molecule has 0 bridgehead atoms. The van der Waals surface area contributed by atoms with Crippen LogP contribution in [-0.4, -0.2) is 28.8 Å². The van der Waals surface area contributed by atoms with Crippen molar-refractivity contribution >= 4 is 17.5 Å². The molecule has 0 fully saturated rings. The second-order valence-electron chi connectivity index (χ2n) is 5.44. The van der Waals surface area contributed by atoms with Gasteiger partial charge in [0.1, 0.15) is 5.75 Å². The van der Waals surface area contributed by atoms with E-state index in [1.54, 1.807) is 6.07 Å². The molecule has 5 heteroatoms. The number of carboxylic acids is 1. The third-order valence-electron chi connectivity index (χ3n) is 3.37. The highest BCUT2D eigenvalue weighted by molar-refractivity contribution is 5.89. The molecule has 0 spiro atoms. The second-order valence-corrected chi connectivity index (χ2v) is 5.44. The van der Waals surface area contributed by atoms with Gasteiger partial charge in [-0.1, -0.05) is 19.6 Å². The molecule has 0 saturated heterocycles.